The van der Waals surface area contributed by atoms with Crippen molar-refractivity contribution in [3.05, 3.63) is 47.8 Å². The summed E-state index contributed by atoms with van der Waals surface area (Å²) in [4.78, 5) is 19.1. The molecule has 7 heteroatoms. The number of hydrogen-bond acceptors (Lipinski definition) is 4. The molecule has 0 radical (unpaired) electrons. The third-order valence-corrected chi connectivity index (χ3v) is 4.89. The lowest BCUT2D eigenvalue weighted by Gasteiger charge is -2.23. The zero-order valence-corrected chi connectivity index (χ0v) is 14.7. The van der Waals surface area contributed by atoms with Crippen molar-refractivity contribution in [3.8, 4) is 17.1 Å². The second-order valence-corrected chi connectivity index (χ2v) is 6.78. The van der Waals surface area contributed by atoms with Crippen molar-refractivity contribution in [1.82, 2.24) is 15.4 Å². The average molecular weight is 369 g/mol. The molecule has 0 bridgehead atoms. The first kappa shape index (κ1) is 17.5. The number of fused-ring (bicyclic) bond motifs is 1. The minimum absolute atomic E-state index is 0.103. The Morgan fingerprint density at radius 2 is 1.93 bits per heavy atom. The lowest BCUT2D eigenvalue weighted by Crippen LogP contribution is -2.19. The van der Waals surface area contributed by atoms with E-state index in [1.807, 2.05) is 0 Å². The van der Waals surface area contributed by atoms with E-state index in [0.717, 1.165) is 31.2 Å². The molecule has 1 aromatic heterocycles. The number of halogens is 1. The number of rotatable bonds is 4. The number of aromatic nitrogens is 2. The van der Waals surface area contributed by atoms with E-state index in [1.165, 1.54) is 18.6 Å². The van der Waals surface area contributed by atoms with Gasteiger partial charge in [-0.25, -0.2) is 14.9 Å². The van der Waals surface area contributed by atoms with Gasteiger partial charge >= 0.3 is 0 Å². The van der Waals surface area contributed by atoms with Crippen molar-refractivity contribution in [2.45, 2.75) is 38.2 Å². The zero-order chi connectivity index (χ0) is 18.8. The van der Waals surface area contributed by atoms with Gasteiger partial charge in [0.25, 0.3) is 5.91 Å². The molecule has 1 fully saturated rings. The van der Waals surface area contributed by atoms with Gasteiger partial charge in [-0.15, -0.1) is 0 Å². The molecule has 0 aliphatic heterocycles. The predicted octanol–water partition coefficient (Wildman–Crippen LogP) is 4.20. The van der Waals surface area contributed by atoms with Gasteiger partial charge in [0.2, 0.25) is 0 Å². The molecule has 1 heterocycles. The van der Waals surface area contributed by atoms with Crippen LogP contribution in [0.3, 0.4) is 0 Å². The van der Waals surface area contributed by atoms with Gasteiger partial charge in [0.1, 0.15) is 22.9 Å². The van der Waals surface area contributed by atoms with Crippen molar-refractivity contribution < 1.29 is 19.1 Å². The molecule has 1 saturated carbocycles. The van der Waals surface area contributed by atoms with Crippen LogP contribution in [0.5, 0.6) is 5.75 Å². The maximum atomic E-state index is 14.0. The minimum Gasteiger partial charge on any atom is -0.488 e. The average Bonchev–Trinajstić information content (AvgIpc) is 3.12. The molecule has 0 atom stereocenters. The molecule has 1 aliphatic rings. The van der Waals surface area contributed by atoms with Gasteiger partial charge in [-0.05, 0) is 37.8 Å². The number of amides is 1. The smallest absolute Gasteiger partial charge is 0.274 e. The number of benzene rings is 2. The lowest BCUT2D eigenvalue weighted by molar-refractivity contribution is 0.0706. The molecule has 3 N–H and O–H groups in total. The van der Waals surface area contributed by atoms with Gasteiger partial charge in [0, 0.05) is 23.3 Å². The number of H-pyrrole nitrogens is 1. The number of ether oxygens (including phenoxy) is 1. The van der Waals surface area contributed by atoms with Crippen LogP contribution in [-0.2, 0) is 0 Å². The van der Waals surface area contributed by atoms with Crippen LogP contribution in [0, 0.1) is 5.82 Å². The number of aromatic amines is 1. The van der Waals surface area contributed by atoms with Crippen molar-refractivity contribution in [2.75, 3.05) is 0 Å². The summed E-state index contributed by atoms with van der Waals surface area (Å²) in [5.41, 5.74) is 3.81. The Kier molecular flexibility index (Phi) is 4.77. The third-order valence-electron chi connectivity index (χ3n) is 4.89. The number of carbonyl (C=O) groups is 1. The van der Waals surface area contributed by atoms with E-state index in [-0.39, 0.29) is 11.9 Å². The van der Waals surface area contributed by atoms with Crippen LogP contribution in [-0.4, -0.2) is 27.2 Å². The molecule has 6 nitrogen and oxygen atoms in total. The van der Waals surface area contributed by atoms with E-state index < -0.39 is 5.91 Å². The molecular weight excluding hydrogens is 349 g/mol. The molecule has 2 aromatic carbocycles. The molecule has 0 unspecified atom stereocenters. The Hall–Kier alpha value is -2.93. The van der Waals surface area contributed by atoms with Crippen LogP contribution in [0.4, 0.5) is 4.39 Å². The van der Waals surface area contributed by atoms with E-state index in [4.69, 9.17) is 9.94 Å². The highest BCUT2D eigenvalue weighted by Crippen LogP contribution is 2.31. The van der Waals surface area contributed by atoms with Gasteiger partial charge < -0.3 is 9.72 Å². The molecule has 0 saturated heterocycles. The topological polar surface area (TPSA) is 87.2 Å². The predicted molar refractivity (Wildman–Crippen MR) is 98.2 cm³/mol. The van der Waals surface area contributed by atoms with Gasteiger partial charge in [-0.2, -0.15) is 0 Å². The molecule has 1 aliphatic carbocycles. The Morgan fingerprint density at radius 1 is 1.19 bits per heavy atom. The van der Waals surface area contributed by atoms with Crippen LogP contribution >= 0.6 is 0 Å². The van der Waals surface area contributed by atoms with E-state index in [9.17, 15) is 9.18 Å². The van der Waals surface area contributed by atoms with E-state index in [1.54, 1.807) is 29.7 Å². The number of hydrogen-bond donors (Lipinski definition) is 3. The Bertz CT molecular complexity index is 963. The normalized spacial score (nSPS) is 15.0. The summed E-state index contributed by atoms with van der Waals surface area (Å²) in [6.07, 6.45) is 5.54. The highest BCUT2D eigenvalue weighted by molar-refractivity contribution is 5.94. The second kappa shape index (κ2) is 7.36. The van der Waals surface area contributed by atoms with Crippen LogP contribution < -0.4 is 10.2 Å². The summed E-state index contributed by atoms with van der Waals surface area (Å²) in [5, 5.41) is 8.69. The fraction of sp³-hybridized carbons (Fsp3) is 0.300. The zero-order valence-electron chi connectivity index (χ0n) is 14.7. The first-order valence-electron chi connectivity index (χ1n) is 9.05. The van der Waals surface area contributed by atoms with Gasteiger partial charge in [-0.1, -0.05) is 18.6 Å². The summed E-state index contributed by atoms with van der Waals surface area (Å²) in [6.45, 7) is 0. The monoisotopic (exact) mass is 369 g/mol. The molecule has 4 rings (SSSR count). The van der Waals surface area contributed by atoms with Crippen LogP contribution in [0.2, 0.25) is 0 Å². The summed E-state index contributed by atoms with van der Waals surface area (Å²) in [6, 6.07) is 9.34. The number of carbonyl (C=O) groups excluding carboxylic acids is 1. The maximum absolute atomic E-state index is 14.0. The number of nitrogens with zero attached hydrogens (tertiary/aromatic N) is 1. The maximum Gasteiger partial charge on any atom is 0.274 e. The van der Waals surface area contributed by atoms with Gasteiger partial charge in [-0.3, -0.25) is 10.0 Å². The second-order valence-electron chi connectivity index (χ2n) is 6.78. The quantitative estimate of drug-likeness (QED) is 0.475. The Balaban J connectivity index is 1.67. The molecule has 27 heavy (non-hydrogen) atoms. The highest BCUT2D eigenvalue weighted by atomic mass is 19.1. The Morgan fingerprint density at radius 3 is 2.63 bits per heavy atom. The first-order valence-corrected chi connectivity index (χ1v) is 9.05. The van der Waals surface area contributed by atoms with E-state index >= 15 is 0 Å². The minimum atomic E-state index is -0.587. The summed E-state index contributed by atoms with van der Waals surface area (Å²) in [5.74, 6) is 0.0599. The molecular formula is C20H20FN3O3. The van der Waals surface area contributed by atoms with Crippen LogP contribution in [0.25, 0.3) is 22.4 Å². The van der Waals surface area contributed by atoms with Gasteiger partial charge in [0.05, 0.1) is 11.6 Å². The SMILES string of the molecule is O=C(NO)c1ccc(-c2nc3cc(F)cc(OC4CCCCC4)c3[nH]2)cc1. The van der Waals surface area contributed by atoms with Crippen LogP contribution in [0.15, 0.2) is 36.4 Å². The molecule has 3 aromatic rings. The largest absolute Gasteiger partial charge is 0.488 e. The molecule has 1 amide bonds. The first-order chi connectivity index (χ1) is 13.1. The lowest BCUT2D eigenvalue weighted by atomic mass is 9.98. The summed E-state index contributed by atoms with van der Waals surface area (Å²) in [7, 11) is 0. The van der Waals surface area contributed by atoms with Gasteiger partial charge in [0.15, 0.2) is 0 Å². The van der Waals surface area contributed by atoms with E-state index in [0.29, 0.717) is 28.2 Å². The summed E-state index contributed by atoms with van der Waals surface area (Å²) < 4.78 is 20.1. The number of imidazole rings is 1. The highest BCUT2D eigenvalue weighted by Gasteiger charge is 2.18. The van der Waals surface area contributed by atoms with Crippen molar-refractivity contribution in [2.24, 2.45) is 0 Å². The number of hydroxylamine groups is 1. The fourth-order valence-electron chi connectivity index (χ4n) is 3.48. The standard InChI is InChI=1S/C20H20FN3O3/c21-14-10-16-18(17(11-14)27-15-4-2-1-3-5-15)23-19(22-16)12-6-8-13(9-7-12)20(25)24-26/h6-11,15,26H,1-5H2,(H,22,23)(H,24,25). The van der Waals surface area contributed by atoms with Crippen molar-refractivity contribution in [1.29, 1.82) is 0 Å². The van der Waals surface area contributed by atoms with Crippen molar-refractivity contribution in [3.63, 3.8) is 0 Å². The third kappa shape index (κ3) is 3.64. The fourth-order valence-corrected chi connectivity index (χ4v) is 3.48. The van der Waals surface area contributed by atoms with E-state index in [2.05, 4.69) is 9.97 Å². The molecule has 140 valence electrons. The Labute approximate surface area is 155 Å². The van der Waals surface area contributed by atoms with Crippen LogP contribution in [0.1, 0.15) is 42.5 Å². The summed E-state index contributed by atoms with van der Waals surface area (Å²) >= 11 is 0. The van der Waals surface area contributed by atoms with Crippen molar-refractivity contribution >= 4 is 16.9 Å². The number of nitrogens with one attached hydrogen (secondary N) is 2. The molecule has 0 spiro atoms.